The minimum atomic E-state index is -1.27. The molecule has 4 heterocycles. The molecule has 2 aliphatic heterocycles. The number of aromatic nitrogens is 2. The normalized spacial score (nSPS) is 17.8. The van der Waals surface area contributed by atoms with Crippen molar-refractivity contribution in [3.05, 3.63) is 53.7 Å². The molecule has 32 heavy (non-hydrogen) atoms. The van der Waals surface area contributed by atoms with E-state index in [0.29, 0.717) is 40.4 Å². The van der Waals surface area contributed by atoms with Crippen LogP contribution in [-0.2, 0) is 6.42 Å². The molecule has 12 heteroatoms. The molecule has 0 unspecified atom stereocenters. The van der Waals surface area contributed by atoms with Crippen molar-refractivity contribution in [3.63, 3.8) is 0 Å². The number of rotatable bonds is 3. The van der Waals surface area contributed by atoms with E-state index in [1.54, 1.807) is 30.6 Å². The summed E-state index contributed by atoms with van der Waals surface area (Å²) in [7, 11) is 1.38. The summed E-state index contributed by atoms with van der Waals surface area (Å²) >= 11 is -2.09. The standard InChI is InChI=1S/C20H16FI2N5O4/c1-31-18-10(21)3-2-4-11(18)25-17-15-12-7-14(27-19(15)29)22-28-20(30)23-32-13-8-24-6-5-9(13)16(17)26-12/h2-6,8,14,25-26H,7H2,1H3,(H,27,29)(H,28,30)/q-2/t14-/m1/s1. The topological polar surface area (TPSA) is 117 Å². The maximum atomic E-state index is 14.3. The Kier molecular flexibility index (Phi) is 5.79. The molecule has 5 rings (SSSR count). The molecule has 0 aliphatic carbocycles. The summed E-state index contributed by atoms with van der Waals surface area (Å²) in [6, 6.07) is 6.28. The minimum absolute atomic E-state index is 0.0399. The predicted octanol–water partition coefficient (Wildman–Crippen LogP) is -3.31. The molecule has 4 N–H and O–H groups in total. The van der Waals surface area contributed by atoms with Crippen LogP contribution in [0.15, 0.2) is 36.7 Å². The van der Waals surface area contributed by atoms with Crippen LogP contribution in [0.3, 0.4) is 0 Å². The summed E-state index contributed by atoms with van der Waals surface area (Å²) in [6.45, 7) is 0. The molecule has 0 fully saturated rings. The first kappa shape index (κ1) is 21.2. The first-order valence-electron chi connectivity index (χ1n) is 9.39. The number of halogens is 3. The number of amides is 2. The van der Waals surface area contributed by atoms with Gasteiger partial charge in [-0.15, -0.1) is 0 Å². The number of nitrogens with zero attached hydrogens (tertiary/aromatic N) is 1. The van der Waals surface area contributed by atoms with Crippen LogP contribution in [0.25, 0.3) is 11.3 Å². The molecule has 0 radical (unpaired) electrons. The number of para-hydroxylation sites is 1. The van der Waals surface area contributed by atoms with Gasteiger partial charge in [0, 0.05) is 0 Å². The van der Waals surface area contributed by atoms with E-state index in [4.69, 9.17) is 7.80 Å². The number of pyridine rings is 1. The zero-order valence-electron chi connectivity index (χ0n) is 16.5. The van der Waals surface area contributed by atoms with E-state index in [2.05, 4.69) is 24.1 Å². The fraction of sp³-hybridized carbons (Fsp3) is 0.150. The van der Waals surface area contributed by atoms with Crippen molar-refractivity contribution in [1.29, 1.82) is 0 Å². The fourth-order valence-corrected chi connectivity index (χ4v) is 7.53. The second-order valence-electron chi connectivity index (χ2n) is 6.82. The molecule has 0 saturated heterocycles. The monoisotopic (exact) mass is 663 g/mol. The number of aromatic amines is 1. The van der Waals surface area contributed by atoms with E-state index in [-0.39, 0.29) is 19.6 Å². The average molecular weight is 663 g/mol. The van der Waals surface area contributed by atoms with Gasteiger partial charge in [-0.05, 0) is 0 Å². The van der Waals surface area contributed by atoms with E-state index in [0.717, 1.165) is 5.69 Å². The number of fused-ring (bicyclic) bond motifs is 4. The van der Waals surface area contributed by atoms with Crippen molar-refractivity contribution in [2.24, 2.45) is 0 Å². The van der Waals surface area contributed by atoms with Crippen LogP contribution in [0.1, 0.15) is 16.1 Å². The van der Waals surface area contributed by atoms with Gasteiger partial charge in [0.15, 0.2) is 0 Å². The number of methoxy groups -OCH3 is 1. The van der Waals surface area contributed by atoms with Gasteiger partial charge in [0.2, 0.25) is 0 Å². The van der Waals surface area contributed by atoms with Crippen molar-refractivity contribution >= 4 is 21.2 Å². The summed E-state index contributed by atoms with van der Waals surface area (Å²) in [4.78, 5) is 32.9. The molecule has 2 aliphatic rings. The Balaban J connectivity index is 1.71. The molecule has 2 amide bonds. The third kappa shape index (κ3) is 3.85. The number of alkyl halides is 1. The Morgan fingerprint density at radius 1 is 1.31 bits per heavy atom. The maximum absolute atomic E-state index is 14.3. The number of H-pyrrole nitrogens is 1. The fourth-order valence-electron chi connectivity index (χ4n) is 3.59. The Morgan fingerprint density at radius 3 is 3.03 bits per heavy atom. The number of carbonyl (C=O) groups is 2. The summed E-state index contributed by atoms with van der Waals surface area (Å²) in [5.41, 5.74) is 3.26. The van der Waals surface area contributed by atoms with Crippen LogP contribution in [0.5, 0.6) is 11.5 Å². The van der Waals surface area contributed by atoms with Crippen LogP contribution < -0.4 is 65.1 Å². The SMILES string of the molecule is COc1c(F)cccc1Nc1c2[nH]c3c1C(=O)N[C@H](C3)[I-]NC(=O)[I-]Oc1cnccc1-2. The van der Waals surface area contributed by atoms with Gasteiger partial charge in [-0.3, -0.25) is 0 Å². The zero-order chi connectivity index (χ0) is 22.2. The van der Waals surface area contributed by atoms with Crippen LogP contribution in [0.4, 0.5) is 20.6 Å². The second kappa shape index (κ2) is 8.73. The third-order valence-corrected chi connectivity index (χ3v) is 9.61. The molecule has 1 aromatic carbocycles. The molecule has 2 aromatic heterocycles. The number of benzene rings is 1. The summed E-state index contributed by atoms with van der Waals surface area (Å²) in [5, 5.41) is 6.19. The van der Waals surface area contributed by atoms with E-state index < -0.39 is 48.9 Å². The van der Waals surface area contributed by atoms with E-state index in [1.165, 1.54) is 13.2 Å². The van der Waals surface area contributed by atoms with Gasteiger partial charge < -0.3 is 0 Å². The Morgan fingerprint density at radius 2 is 2.19 bits per heavy atom. The van der Waals surface area contributed by atoms with E-state index in [9.17, 15) is 14.0 Å². The van der Waals surface area contributed by atoms with Gasteiger partial charge in [-0.25, -0.2) is 0 Å². The van der Waals surface area contributed by atoms with Crippen molar-refractivity contribution in [3.8, 4) is 22.8 Å². The van der Waals surface area contributed by atoms with E-state index >= 15 is 0 Å². The predicted molar refractivity (Wildman–Crippen MR) is 104 cm³/mol. The number of hydrogen-bond donors (Lipinski definition) is 4. The summed E-state index contributed by atoms with van der Waals surface area (Å²) in [6.07, 6.45) is 3.69. The molecular weight excluding hydrogens is 647 g/mol. The van der Waals surface area contributed by atoms with Gasteiger partial charge in [0.05, 0.1) is 0 Å². The van der Waals surface area contributed by atoms with Gasteiger partial charge in [0.1, 0.15) is 0 Å². The molecule has 3 aromatic rings. The average Bonchev–Trinajstić information content (AvgIpc) is 3.15. The number of carbonyl (C=O) groups excluding carboxylic acids is 2. The zero-order valence-corrected chi connectivity index (χ0v) is 20.8. The summed E-state index contributed by atoms with van der Waals surface area (Å²) < 4.78 is 28.0. The van der Waals surface area contributed by atoms with Crippen LogP contribution in [-0.4, -0.2) is 30.9 Å². The molecule has 9 nitrogen and oxygen atoms in total. The second-order valence-corrected chi connectivity index (χ2v) is 11.3. The van der Waals surface area contributed by atoms with Crippen molar-refractivity contribution < 1.29 is 64.9 Å². The molecule has 0 saturated carbocycles. The molecular formula is C20H16FI2N5O4-2. The van der Waals surface area contributed by atoms with Crippen molar-refractivity contribution in [2.45, 2.75) is 10.5 Å². The third-order valence-electron chi connectivity index (χ3n) is 4.91. The molecule has 1 atom stereocenters. The van der Waals surface area contributed by atoms with Gasteiger partial charge in [-0.1, -0.05) is 0 Å². The number of ether oxygens (including phenoxy) is 1. The number of hydrogen-bond acceptors (Lipinski definition) is 6. The van der Waals surface area contributed by atoms with Crippen LogP contribution >= 0.6 is 0 Å². The Labute approximate surface area is 203 Å². The van der Waals surface area contributed by atoms with Gasteiger partial charge >= 0.3 is 204 Å². The van der Waals surface area contributed by atoms with Gasteiger partial charge in [-0.2, -0.15) is 0 Å². The van der Waals surface area contributed by atoms with Crippen molar-refractivity contribution in [1.82, 2.24) is 18.8 Å². The quantitative estimate of drug-likeness (QED) is 0.0768. The van der Waals surface area contributed by atoms with Crippen LogP contribution in [0, 0.1) is 5.82 Å². The molecule has 3 bridgehead atoms. The van der Waals surface area contributed by atoms with E-state index in [1.807, 2.05) is 0 Å². The summed E-state index contributed by atoms with van der Waals surface area (Å²) in [5.74, 6) is -0.320. The number of anilines is 2. The molecule has 168 valence electrons. The Bertz CT molecular complexity index is 1230. The Hall–Kier alpha value is -2.62. The first-order chi connectivity index (χ1) is 15.5. The van der Waals surface area contributed by atoms with Crippen molar-refractivity contribution in [2.75, 3.05) is 12.4 Å². The van der Waals surface area contributed by atoms with Gasteiger partial charge in [0.25, 0.3) is 0 Å². The van der Waals surface area contributed by atoms with Crippen LogP contribution in [0.2, 0.25) is 0 Å². The molecule has 0 spiro atoms. The first-order valence-corrected chi connectivity index (χ1v) is 13.7. The number of nitrogens with one attached hydrogen (secondary N) is 4.